The molecule has 1 aliphatic heterocycles. The summed E-state index contributed by atoms with van der Waals surface area (Å²) in [5.41, 5.74) is -1.40. The Morgan fingerprint density at radius 3 is 2.70 bits per heavy atom. The SMILES string of the molecule is C[C@@H](OC1=C(Br)C(=O)C=C[C@]1(C)O)C(=O)N1CCCC1. The van der Waals surface area contributed by atoms with Crippen LogP contribution in [0.2, 0.25) is 0 Å². The zero-order valence-electron chi connectivity index (χ0n) is 11.6. The lowest BCUT2D eigenvalue weighted by atomic mass is 9.97. The summed E-state index contributed by atoms with van der Waals surface area (Å²) in [5.74, 6) is -0.314. The summed E-state index contributed by atoms with van der Waals surface area (Å²) in [7, 11) is 0. The molecule has 1 fully saturated rings. The van der Waals surface area contributed by atoms with E-state index in [0.29, 0.717) is 0 Å². The minimum Gasteiger partial charge on any atom is -0.480 e. The van der Waals surface area contributed by atoms with Crippen molar-refractivity contribution >= 4 is 27.6 Å². The fourth-order valence-corrected chi connectivity index (χ4v) is 2.94. The third kappa shape index (κ3) is 2.96. The molecule has 2 rings (SSSR count). The highest BCUT2D eigenvalue weighted by atomic mass is 79.9. The number of hydrogen-bond acceptors (Lipinski definition) is 4. The van der Waals surface area contributed by atoms with E-state index in [2.05, 4.69) is 15.9 Å². The van der Waals surface area contributed by atoms with Crippen LogP contribution < -0.4 is 0 Å². The van der Waals surface area contributed by atoms with Gasteiger partial charge in [-0.2, -0.15) is 0 Å². The van der Waals surface area contributed by atoms with Gasteiger partial charge in [0.15, 0.2) is 17.6 Å². The number of hydrogen-bond donors (Lipinski definition) is 1. The summed E-state index contributed by atoms with van der Waals surface area (Å²) in [6.45, 7) is 4.62. The largest absolute Gasteiger partial charge is 0.480 e. The number of amides is 1. The van der Waals surface area contributed by atoms with E-state index in [-0.39, 0.29) is 21.9 Å². The summed E-state index contributed by atoms with van der Waals surface area (Å²) in [4.78, 5) is 25.6. The molecule has 0 saturated carbocycles. The average Bonchev–Trinajstić information content (AvgIpc) is 2.92. The van der Waals surface area contributed by atoms with Crippen LogP contribution in [0, 0.1) is 0 Å². The van der Waals surface area contributed by atoms with Gasteiger partial charge in [0.05, 0.1) is 0 Å². The van der Waals surface area contributed by atoms with Gasteiger partial charge in [0, 0.05) is 13.1 Å². The molecule has 0 bridgehead atoms. The lowest BCUT2D eigenvalue weighted by Crippen LogP contribution is -2.40. The van der Waals surface area contributed by atoms with E-state index in [0.717, 1.165) is 25.9 Å². The van der Waals surface area contributed by atoms with Crippen molar-refractivity contribution in [3.05, 3.63) is 22.4 Å². The van der Waals surface area contributed by atoms with Gasteiger partial charge < -0.3 is 14.7 Å². The molecule has 1 N–H and O–H groups in total. The second kappa shape index (κ2) is 5.69. The normalized spacial score (nSPS) is 28.0. The Bertz CT molecular complexity index is 489. The van der Waals surface area contributed by atoms with Gasteiger partial charge in [-0.1, -0.05) is 0 Å². The van der Waals surface area contributed by atoms with Crippen molar-refractivity contribution < 1.29 is 19.4 Å². The molecule has 5 nitrogen and oxygen atoms in total. The van der Waals surface area contributed by atoms with Crippen LogP contribution in [0.25, 0.3) is 0 Å². The predicted octanol–water partition coefficient (Wildman–Crippen LogP) is 1.51. The van der Waals surface area contributed by atoms with E-state index in [1.165, 1.54) is 19.1 Å². The lowest BCUT2D eigenvalue weighted by Gasteiger charge is -2.30. The minimum absolute atomic E-state index is 0.0880. The van der Waals surface area contributed by atoms with Crippen molar-refractivity contribution in [2.75, 3.05) is 13.1 Å². The molecule has 110 valence electrons. The third-order valence-electron chi connectivity index (χ3n) is 3.49. The van der Waals surface area contributed by atoms with Crippen LogP contribution >= 0.6 is 15.9 Å². The van der Waals surface area contributed by atoms with Gasteiger partial charge in [-0.05, 0) is 54.8 Å². The number of carbonyl (C=O) groups excluding carboxylic acids is 2. The zero-order valence-corrected chi connectivity index (χ0v) is 13.1. The van der Waals surface area contributed by atoms with Crippen LogP contribution in [0.1, 0.15) is 26.7 Å². The molecule has 2 atom stereocenters. The Balaban J connectivity index is 2.13. The van der Waals surface area contributed by atoms with E-state index in [4.69, 9.17) is 4.74 Å². The van der Waals surface area contributed by atoms with Gasteiger partial charge >= 0.3 is 0 Å². The molecule has 1 saturated heterocycles. The summed E-state index contributed by atoms with van der Waals surface area (Å²) < 4.78 is 5.74. The average molecular weight is 344 g/mol. The summed E-state index contributed by atoms with van der Waals surface area (Å²) in [5, 5.41) is 10.2. The fraction of sp³-hybridized carbons (Fsp3) is 0.571. The lowest BCUT2D eigenvalue weighted by molar-refractivity contribution is -0.140. The van der Waals surface area contributed by atoms with E-state index >= 15 is 0 Å². The molecule has 20 heavy (non-hydrogen) atoms. The molecule has 0 radical (unpaired) electrons. The second-order valence-electron chi connectivity index (χ2n) is 5.28. The molecule has 1 amide bonds. The smallest absolute Gasteiger partial charge is 0.263 e. The van der Waals surface area contributed by atoms with Gasteiger partial charge in [0.1, 0.15) is 10.1 Å². The number of rotatable bonds is 3. The van der Waals surface area contributed by atoms with Gasteiger partial charge in [0.25, 0.3) is 5.91 Å². The van der Waals surface area contributed by atoms with E-state index in [1.54, 1.807) is 11.8 Å². The van der Waals surface area contributed by atoms with Gasteiger partial charge in [-0.3, -0.25) is 9.59 Å². The number of ketones is 1. The van der Waals surface area contributed by atoms with Crippen molar-refractivity contribution in [3.8, 4) is 0 Å². The molecule has 0 spiro atoms. The molecule has 6 heteroatoms. The predicted molar refractivity (Wildman–Crippen MR) is 77.1 cm³/mol. The van der Waals surface area contributed by atoms with Crippen LogP contribution in [-0.4, -0.2) is 46.5 Å². The Morgan fingerprint density at radius 2 is 2.10 bits per heavy atom. The third-order valence-corrected chi connectivity index (χ3v) is 4.25. The Labute approximate surface area is 126 Å². The molecule has 1 heterocycles. The number of halogens is 1. The summed E-state index contributed by atoms with van der Waals surface area (Å²) in [6, 6.07) is 0. The van der Waals surface area contributed by atoms with Crippen LogP contribution in [0.5, 0.6) is 0 Å². The monoisotopic (exact) mass is 343 g/mol. The molecule has 1 aliphatic carbocycles. The van der Waals surface area contributed by atoms with Gasteiger partial charge in [-0.25, -0.2) is 0 Å². The van der Waals surface area contributed by atoms with E-state index < -0.39 is 11.7 Å². The molecule has 0 unspecified atom stereocenters. The summed E-state index contributed by atoms with van der Waals surface area (Å²) >= 11 is 3.13. The number of ether oxygens (including phenoxy) is 1. The van der Waals surface area contributed by atoms with E-state index in [9.17, 15) is 14.7 Å². The van der Waals surface area contributed by atoms with Crippen molar-refractivity contribution in [1.82, 2.24) is 4.90 Å². The maximum Gasteiger partial charge on any atom is 0.263 e. The number of aliphatic hydroxyl groups is 1. The van der Waals surface area contributed by atoms with Crippen LogP contribution in [-0.2, 0) is 14.3 Å². The molecular weight excluding hydrogens is 326 g/mol. The van der Waals surface area contributed by atoms with E-state index in [1.807, 2.05) is 0 Å². The fourth-order valence-electron chi connectivity index (χ4n) is 2.31. The highest BCUT2D eigenvalue weighted by molar-refractivity contribution is 9.12. The first-order valence-corrected chi connectivity index (χ1v) is 7.44. The molecule has 0 aromatic rings. The summed E-state index contributed by atoms with van der Waals surface area (Å²) in [6.07, 6.45) is 3.92. The zero-order chi connectivity index (χ0) is 14.9. The number of likely N-dealkylation sites (tertiary alicyclic amines) is 1. The van der Waals surface area contributed by atoms with Crippen molar-refractivity contribution in [3.63, 3.8) is 0 Å². The van der Waals surface area contributed by atoms with Crippen molar-refractivity contribution in [2.45, 2.75) is 38.4 Å². The quantitative estimate of drug-likeness (QED) is 0.843. The molecule has 2 aliphatic rings. The minimum atomic E-state index is -1.40. The first-order valence-electron chi connectivity index (χ1n) is 6.64. The van der Waals surface area contributed by atoms with Crippen molar-refractivity contribution in [2.24, 2.45) is 0 Å². The second-order valence-corrected chi connectivity index (χ2v) is 6.07. The highest BCUT2D eigenvalue weighted by Gasteiger charge is 2.36. The van der Waals surface area contributed by atoms with Crippen molar-refractivity contribution in [1.29, 1.82) is 0 Å². The Hall–Kier alpha value is -1.14. The topological polar surface area (TPSA) is 66.8 Å². The first-order chi connectivity index (χ1) is 9.33. The molecular formula is C14H18BrNO4. The highest BCUT2D eigenvalue weighted by Crippen LogP contribution is 2.32. The maximum atomic E-state index is 12.2. The van der Waals surface area contributed by atoms with Gasteiger partial charge in [0.2, 0.25) is 0 Å². The maximum absolute atomic E-state index is 12.2. The molecule has 0 aromatic carbocycles. The van der Waals surface area contributed by atoms with Gasteiger partial charge in [-0.15, -0.1) is 0 Å². The van der Waals surface area contributed by atoms with Crippen LogP contribution in [0.15, 0.2) is 22.4 Å². The Kier molecular flexibility index (Phi) is 4.34. The standard InChI is InChI=1S/C14H18BrNO4/c1-9(13(18)16-7-3-4-8-16)20-12-11(15)10(17)5-6-14(12,2)19/h5-6,9,19H,3-4,7-8H2,1-2H3/t9-,14+/m1/s1. The number of nitrogens with zero attached hydrogens (tertiary/aromatic N) is 1. The first kappa shape index (κ1) is 15.3. The van der Waals surface area contributed by atoms with Crippen LogP contribution in [0.3, 0.4) is 0 Å². The van der Waals surface area contributed by atoms with Crippen LogP contribution in [0.4, 0.5) is 0 Å². The molecule has 0 aromatic heterocycles. The number of allylic oxidation sites excluding steroid dienone is 2. The Morgan fingerprint density at radius 1 is 1.50 bits per heavy atom. The number of carbonyl (C=O) groups is 2.